The second-order valence-electron chi connectivity index (χ2n) is 5.71. The number of nitrogens with zero attached hydrogens (tertiary/aromatic N) is 5. The lowest BCUT2D eigenvalue weighted by atomic mass is 10.2. The molecule has 0 aliphatic heterocycles. The molecule has 0 spiro atoms. The van der Waals surface area contributed by atoms with Gasteiger partial charge in [-0.2, -0.15) is 0 Å². The van der Waals surface area contributed by atoms with E-state index in [1.54, 1.807) is 17.8 Å². The van der Waals surface area contributed by atoms with E-state index in [1.807, 2.05) is 36.9 Å². The van der Waals surface area contributed by atoms with Crippen LogP contribution in [-0.4, -0.2) is 31.2 Å². The Bertz CT molecular complexity index is 925. The van der Waals surface area contributed by atoms with Crippen molar-refractivity contribution in [2.75, 3.05) is 6.61 Å². The zero-order chi connectivity index (χ0) is 19.4. The van der Waals surface area contributed by atoms with E-state index in [2.05, 4.69) is 26.8 Å². The molecule has 3 rings (SSSR count). The van der Waals surface area contributed by atoms with Crippen LogP contribution < -0.4 is 4.74 Å². The molecule has 9 heteroatoms. The Kier molecular flexibility index (Phi) is 6.68. The van der Waals surface area contributed by atoms with Gasteiger partial charge in [-0.1, -0.05) is 41.0 Å². The van der Waals surface area contributed by atoms with E-state index in [9.17, 15) is 0 Å². The topological polar surface area (TPSA) is 57.8 Å². The van der Waals surface area contributed by atoms with Gasteiger partial charge in [0.2, 0.25) is 5.88 Å². The second kappa shape index (κ2) is 8.99. The van der Waals surface area contributed by atoms with Crippen LogP contribution >= 0.6 is 35.0 Å². The molecule has 2 heterocycles. The van der Waals surface area contributed by atoms with Gasteiger partial charge in [-0.15, -0.1) is 15.3 Å². The summed E-state index contributed by atoms with van der Waals surface area (Å²) in [5, 5.41) is 15.4. The molecule has 3 aromatic rings. The molecule has 1 aromatic carbocycles. The van der Waals surface area contributed by atoms with Crippen LogP contribution in [0.3, 0.4) is 0 Å². The molecule has 144 valence electrons. The third kappa shape index (κ3) is 4.42. The van der Waals surface area contributed by atoms with Crippen molar-refractivity contribution in [2.24, 2.45) is 0 Å². The highest BCUT2D eigenvalue weighted by Crippen LogP contribution is 2.32. The third-order valence-electron chi connectivity index (χ3n) is 3.98. The van der Waals surface area contributed by atoms with Gasteiger partial charge in [0.05, 0.1) is 6.61 Å². The number of thioether (sulfide) groups is 1. The SMILES string of the molecule is CCOc1nn(CC)cc1-c1nnc(SCc2ccc(Cl)cc2Cl)n1CC. The van der Waals surface area contributed by atoms with Crippen molar-refractivity contribution in [2.45, 2.75) is 44.8 Å². The maximum atomic E-state index is 6.28. The summed E-state index contributed by atoms with van der Waals surface area (Å²) in [4.78, 5) is 0. The Morgan fingerprint density at radius 3 is 2.59 bits per heavy atom. The van der Waals surface area contributed by atoms with Gasteiger partial charge in [-0.05, 0) is 38.5 Å². The van der Waals surface area contributed by atoms with E-state index in [4.69, 9.17) is 27.9 Å². The van der Waals surface area contributed by atoms with Crippen molar-refractivity contribution >= 4 is 35.0 Å². The summed E-state index contributed by atoms with van der Waals surface area (Å²) in [5.41, 5.74) is 1.86. The van der Waals surface area contributed by atoms with Gasteiger partial charge < -0.3 is 9.30 Å². The first kappa shape index (κ1) is 20.0. The summed E-state index contributed by atoms with van der Waals surface area (Å²) in [5.74, 6) is 2.02. The monoisotopic (exact) mass is 425 g/mol. The minimum atomic E-state index is 0.546. The number of aryl methyl sites for hydroxylation is 1. The van der Waals surface area contributed by atoms with Crippen LogP contribution in [0.4, 0.5) is 0 Å². The summed E-state index contributed by atoms with van der Waals surface area (Å²) >= 11 is 13.8. The fourth-order valence-electron chi connectivity index (χ4n) is 2.62. The molecule has 0 bridgehead atoms. The molecule has 0 unspecified atom stereocenters. The smallest absolute Gasteiger partial charge is 0.243 e. The number of halogens is 2. The van der Waals surface area contributed by atoms with Crippen LogP contribution in [0.2, 0.25) is 10.0 Å². The summed E-state index contributed by atoms with van der Waals surface area (Å²) in [6.07, 6.45) is 1.95. The van der Waals surface area contributed by atoms with Gasteiger partial charge in [0.15, 0.2) is 11.0 Å². The molecular weight excluding hydrogens is 405 g/mol. The quantitative estimate of drug-likeness (QED) is 0.465. The molecule has 0 fully saturated rings. The zero-order valence-electron chi connectivity index (χ0n) is 15.4. The minimum absolute atomic E-state index is 0.546. The van der Waals surface area contributed by atoms with Crippen LogP contribution in [0.15, 0.2) is 29.6 Å². The first-order valence-corrected chi connectivity index (χ1v) is 10.5. The normalized spacial score (nSPS) is 11.1. The molecule has 0 aliphatic carbocycles. The lowest BCUT2D eigenvalue weighted by Gasteiger charge is -2.08. The summed E-state index contributed by atoms with van der Waals surface area (Å²) in [6.45, 7) is 8.09. The molecule has 0 saturated carbocycles. The Morgan fingerprint density at radius 2 is 1.93 bits per heavy atom. The molecular formula is C18H21Cl2N5OS. The second-order valence-corrected chi connectivity index (χ2v) is 7.50. The molecule has 0 radical (unpaired) electrons. The standard InChI is InChI=1S/C18H21Cl2N5OS/c1-4-24-10-14(17(23-24)26-6-3)16-21-22-18(25(16)5-2)27-11-12-7-8-13(19)9-15(12)20/h7-10H,4-6,11H2,1-3H3. The molecule has 27 heavy (non-hydrogen) atoms. The van der Waals surface area contributed by atoms with E-state index in [1.165, 1.54) is 0 Å². The Morgan fingerprint density at radius 1 is 1.11 bits per heavy atom. The first-order valence-electron chi connectivity index (χ1n) is 8.77. The lowest BCUT2D eigenvalue weighted by Crippen LogP contribution is -2.01. The fourth-order valence-corrected chi connectivity index (χ4v) is 4.18. The number of hydrogen-bond acceptors (Lipinski definition) is 5. The minimum Gasteiger partial charge on any atom is -0.476 e. The van der Waals surface area contributed by atoms with Crippen molar-refractivity contribution in [3.05, 3.63) is 40.0 Å². The van der Waals surface area contributed by atoms with Crippen LogP contribution in [-0.2, 0) is 18.8 Å². The molecule has 0 N–H and O–H groups in total. The average molecular weight is 426 g/mol. The molecule has 6 nitrogen and oxygen atoms in total. The maximum Gasteiger partial charge on any atom is 0.243 e. The van der Waals surface area contributed by atoms with Crippen LogP contribution in [0.5, 0.6) is 5.88 Å². The predicted molar refractivity (Wildman–Crippen MR) is 110 cm³/mol. The van der Waals surface area contributed by atoms with Gasteiger partial charge in [-0.25, -0.2) is 0 Å². The summed E-state index contributed by atoms with van der Waals surface area (Å²) < 4.78 is 9.60. The van der Waals surface area contributed by atoms with Crippen LogP contribution in [0.25, 0.3) is 11.4 Å². The Hall–Kier alpha value is -1.70. The highest BCUT2D eigenvalue weighted by atomic mass is 35.5. The number of hydrogen-bond donors (Lipinski definition) is 0. The number of benzene rings is 1. The summed E-state index contributed by atoms with van der Waals surface area (Å²) in [7, 11) is 0. The van der Waals surface area contributed by atoms with E-state index in [0.717, 1.165) is 35.2 Å². The van der Waals surface area contributed by atoms with Gasteiger partial charge >= 0.3 is 0 Å². The van der Waals surface area contributed by atoms with Crippen LogP contribution in [0, 0.1) is 0 Å². The molecule has 0 saturated heterocycles. The van der Waals surface area contributed by atoms with Crippen molar-refractivity contribution in [1.82, 2.24) is 24.5 Å². The number of ether oxygens (including phenoxy) is 1. The lowest BCUT2D eigenvalue weighted by molar-refractivity contribution is 0.322. The van der Waals surface area contributed by atoms with E-state index in [0.29, 0.717) is 28.3 Å². The first-order chi connectivity index (χ1) is 13.1. The molecule has 0 amide bonds. The average Bonchev–Trinajstić information content (AvgIpc) is 3.24. The van der Waals surface area contributed by atoms with E-state index < -0.39 is 0 Å². The van der Waals surface area contributed by atoms with Gasteiger partial charge in [0.1, 0.15) is 5.56 Å². The number of rotatable bonds is 8. The Labute approximate surface area is 172 Å². The molecule has 2 aromatic heterocycles. The highest BCUT2D eigenvalue weighted by Gasteiger charge is 2.20. The largest absolute Gasteiger partial charge is 0.476 e. The van der Waals surface area contributed by atoms with Crippen molar-refractivity contribution in [3.63, 3.8) is 0 Å². The van der Waals surface area contributed by atoms with Gasteiger partial charge in [-0.3, -0.25) is 4.68 Å². The zero-order valence-corrected chi connectivity index (χ0v) is 17.8. The Balaban J connectivity index is 1.88. The molecule has 0 aliphatic rings. The van der Waals surface area contributed by atoms with Crippen molar-refractivity contribution in [1.29, 1.82) is 0 Å². The van der Waals surface area contributed by atoms with Gasteiger partial charge in [0.25, 0.3) is 0 Å². The predicted octanol–water partition coefficient (Wildman–Crippen LogP) is 5.18. The highest BCUT2D eigenvalue weighted by molar-refractivity contribution is 7.98. The number of aromatic nitrogens is 5. The summed E-state index contributed by atoms with van der Waals surface area (Å²) in [6, 6.07) is 5.53. The van der Waals surface area contributed by atoms with E-state index in [-0.39, 0.29) is 0 Å². The van der Waals surface area contributed by atoms with Gasteiger partial charge in [0, 0.05) is 35.1 Å². The third-order valence-corrected chi connectivity index (χ3v) is 5.58. The maximum absolute atomic E-state index is 6.28. The fraction of sp³-hybridized carbons (Fsp3) is 0.389. The van der Waals surface area contributed by atoms with Crippen molar-refractivity contribution < 1.29 is 4.74 Å². The van der Waals surface area contributed by atoms with Crippen LogP contribution in [0.1, 0.15) is 26.3 Å². The van der Waals surface area contributed by atoms with Crippen molar-refractivity contribution in [3.8, 4) is 17.3 Å². The van der Waals surface area contributed by atoms with E-state index >= 15 is 0 Å². The molecule has 0 atom stereocenters.